The third-order valence-corrected chi connectivity index (χ3v) is 2.43. The number of hydrogen-bond donors (Lipinski definition) is 0. The van der Waals surface area contributed by atoms with Gasteiger partial charge in [0.05, 0.1) is 0 Å². The molecule has 3 heteroatoms. The molecule has 64 valence electrons. The van der Waals surface area contributed by atoms with Crippen LogP contribution in [0.1, 0.15) is 1.43 Å². The molecule has 2 rings (SSSR count). The van der Waals surface area contributed by atoms with Crippen molar-refractivity contribution in [3.05, 3.63) is 46.9 Å². The van der Waals surface area contributed by atoms with Gasteiger partial charge in [-0.3, -0.25) is 0 Å². The van der Waals surface area contributed by atoms with E-state index in [-0.39, 0.29) is 44.5 Å². The molecule has 13 heavy (non-hydrogen) atoms. The van der Waals surface area contributed by atoms with E-state index >= 15 is 0 Å². The molecular weight excluding hydrogens is 255 g/mol. The summed E-state index contributed by atoms with van der Waals surface area (Å²) in [6.07, 6.45) is 0. The van der Waals surface area contributed by atoms with Crippen LogP contribution in [-0.4, -0.2) is 0 Å². The molecular formula is C10H10BrNaS. The van der Waals surface area contributed by atoms with Gasteiger partial charge in [-0.15, -0.1) is 0 Å². The maximum absolute atomic E-state index is 3.50. The van der Waals surface area contributed by atoms with Gasteiger partial charge >= 0.3 is 29.6 Å². The topological polar surface area (TPSA) is 0 Å². The van der Waals surface area contributed by atoms with Gasteiger partial charge in [-0.2, -0.15) is 13.5 Å². The molecule has 0 heterocycles. The van der Waals surface area contributed by atoms with Crippen molar-refractivity contribution in [3.8, 4) is 0 Å². The predicted molar refractivity (Wildman–Crippen MR) is 63.1 cm³/mol. The maximum Gasteiger partial charge on any atom is 1.00 e. The number of halogens is 1. The second kappa shape index (κ2) is 6.10. The van der Waals surface area contributed by atoms with E-state index < -0.39 is 0 Å². The number of benzene rings is 2. The smallest absolute Gasteiger partial charge is 1.00 e. The molecule has 0 N–H and O–H groups in total. The maximum atomic E-state index is 3.50. The molecule has 0 unspecified atom stereocenters. The van der Waals surface area contributed by atoms with Crippen LogP contribution in [-0.2, 0) is 0 Å². The van der Waals surface area contributed by atoms with Crippen molar-refractivity contribution < 1.29 is 31.0 Å². The van der Waals surface area contributed by atoms with E-state index in [2.05, 4.69) is 46.3 Å². The first kappa shape index (κ1) is 13.5. The van der Waals surface area contributed by atoms with Crippen LogP contribution in [0.4, 0.5) is 0 Å². The summed E-state index contributed by atoms with van der Waals surface area (Å²) < 4.78 is 1.16. The summed E-state index contributed by atoms with van der Waals surface area (Å²) in [5.41, 5.74) is 0. The van der Waals surface area contributed by atoms with Gasteiger partial charge in [-0.05, 0) is 16.8 Å². The first-order valence-corrected chi connectivity index (χ1v) is 4.30. The summed E-state index contributed by atoms with van der Waals surface area (Å²) >= 11 is 3.50. The Kier molecular flexibility index (Phi) is 6.34. The van der Waals surface area contributed by atoms with E-state index in [1.165, 1.54) is 10.8 Å². The van der Waals surface area contributed by atoms with E-state index in [0.717, 1.165) is 4.47 Å². The zero-order valence-electron chi connectivity index (χ0n) is 8.42. The Bertz CT molecular complexity index is 389. The average Bonchev–Trinajstić information content (AvgIpc) is 2.06. The van der Waals surface area contributed by atoms with Gasteiger partial charge in [0, 0.05) is 4.47 Å². The van der Waals surface area contributed by atoms with E-state index in [4.69, 9.17) is 0 Å². The van der Waals surface area contributed by atoms with Crippen molar-refractivity contribution >= 4 is 40.2 Å². The fraction of sp³-hybridized carbons (Fsp3) is 0. The van der Waals surface area contributed by atoms with E-state index in [1.807, 2.05) is 12.1 Å². The number of fused-ring (bicyclic) bond motifs is 1. The summed E-state index contributed by atoms with van der Waals surface area (Å²) in [6, 6.07) is 14.5. The van der Waals surface area contributed by atoms with Crippen LogP contribution < -0.4 is 29.6 Å². The van der Waals surface area contributed by atoms with Crippen molar-refractivity contribution in [2.24, 2.45) is 0 Å². The minimum absolute atomic E-state index is 0. The molecule has 2 aromatic carbocycles. The minimum Gasteiger partial charge on any atom is -1.00 e. The quantitative estimate of drug-likeness (QED) is 0.619. The fourth-order valence-electron chi connectivity index (χ4n) is 1.19. The summed E-state index contributed by atoms with van der Waals surface area (Å²) in [5, 5.41) is 2.55. The zero-order chi connectivity index (χ0) is 7.68. The van der Waals surface area contributed by atoms with Crippen LogP contribution in [0, 0.1) is 0 Å². The summed E-state index contributed by atoms with van der Waals surface area (Å²) in [7, 11) is 0. The van der Waals surface area contributed by atoms with Gasteiger partial charge in [-0.25, -0.2) is 0 Å². The minimum atomic E-state index is 0. The Morgan fingerprint density at radius 1 is 0.923 bits per heavy atom. The monoisotopic (exact) mass is 264 g/mol. The van der Waals surface area contributed by atoms with Gasteiger partial charge in [-0.1, -0.05) is 52.3 Å². The molecule has 0 spiro atoms. The molecule has 0 radical (unpaired) electrons. The largest absolute Gasteiger partial charge is 1.00 e. The van der Waals surface area contributed by atoms with Crippen LogP contribution in [0.3, 0.4) is 0 Å². The second-order valence-corrected chi connectivity index (χ2v) is 3.32. The molecule has 0 bridgehead atoms. The number of hydrogen-bond acceptors (Lipinski definition) is 0. The molecule has 0 atom stereocenters. The molecule has 0 fully saturated rings. The molecule has 0 saturated carbocycles. The first-order valence-electron chi connectivity index (χ1n) is 3.51. The molecule has 0 aliphatic rings. The first-order chi connectivity index (χ1) is 5.38. The van der Waals surface area contributed by atoms with Crippen LogP contribution in [0.25, 0.3) is 10.8 Å². The van der Waals surface area contributed by atoms with Crippen molar-refractivity contribution in [3.63, 3.8) is 0 Å². The van der Waals surface area contributed by atoms with Crippen LogP contribution >= 0.6 is 29.4 Å². The van der Waals surface area contributed by atoms with E-state index in [0.29, 0.717) is 0 Å². The van der Waals surface area contributed by atoms with Crippen LogP contribution in [0.2, 0.25) is 0 Å². The van der Waals surface area contributed by atoms with Crippen LogP contribution in [0.5, 0.6) is 0 Å². The molecule has 0 nitrogen and oxygen atoms in total. The van der Waals surface area contributed by atoms with E-state index in [1.54, 1.807) is 0 Å². The van der Waals surface area contributed by atoms with Gasteiger partial charge < -0.3 is 1.43 Å². The SMILES string of the molecule is Brc1cccc2ccccc12.S.[H-].[Na+]. The predicted octanol–water partition coefficient (Wildman–Crippen LogP) is 0.832. The summed E-state index contributed by atoms with van der Waals surface area (Å²) in [6.45, 7) is 0. The van der Waals surface area contributed by atoms with Gasteiger partial charge in [0.25, 0.3) is 0 Å². The second-order valence-electron chi connectivity index (χ2n) is 2.46. The molecule has 0 aliphatic heterocycles. The number of rotatable bonds is 0. The Hall–Kier alpha value is 0.530. The Morgan fingerprint density at radius 3 is 2.23 bits per heavy atom. The molecule has 0 amide bonds. The Morgan fingerprint density at radius 2 is 1.54 bits per heavy atom. The average molecular weight is 265 g/mol. The van der Waals surface area contributed by atoms with Crippen molar-refractivity contribution in [2.45, 2.75) is 0 Å². The van der Waals surface area contributed by atoms with Crippen molar-refractivity contribution in [2.75, 3.05) is 0 Å². The molecule has 2 aromatic rings. The Labute approximate surface area is 117 Å². The molecule has 0 saturated heterocycles. The standard InChI is InChI=1S/C10H7Br.Na.H2S.H/c11-10-7-3-5-8-4-1-2-6-9(8)10;;;/h1-7H;;1H2;/q;+1;;-1. The summed E-state index contributed by atoms with van der Waals surface area (Å²) in [4.78, 5) is 0. The van der Waals surface area contributed by atoms with Crippen molar-refractivity contribution in [1.82, 2.24) is 0 Å². The van der Waals surface area contributed by atoms with E-state index in [9.17, 15) is 0 Å². The summed E-state index contributed by atoms with van der Waals surface area (Å²) in [5.74, 6) is 0. The zero-order valence-corrected chi connectivity index (χ0v) is 12.0. The van der Waals surface area contributed by atoms with Crippen LogP contribution in [0.15, 0.2) is 46.9 Å². The van der Waals surface area contributed by atoms with Gasteiger partial charge in [0.15, 0.2) is 0 Å². The van der Waals surface area contributed by atoms with Gasteiger partial charge in [0.2, 0.25) is 0 Å². The third-order valence-electron chi connectivity index (χ3n) is 1.74. The normalized spacial score (nSPS) is 8.69. The fourth-order valence-corrected chi connectivity index (χ4v) is 1.70. The van der Waals surface area contributed by atoms with Gasteiger partial charge in [0.1, 0.15) is 0 Å². The third kappa shape index (κ3) is 3.00. The Balaban J connectivity index is 0. The molecule has 0 aromatic heterocycles. The van der Waals surface area contributed by atoms with Crippen molar-refractivity contribution in [1.29, 1.82) is 0 Å². The molecule has 0 aliphatic carbocycles.